The molecule has 0 spiro atoms. The first-order chi connectivity index (χ1) is 13.2. The molecule has 4 rings (SSSR count). The van der Waals surface area contributed by atoms with Gasteiger partial charge in [-0.2, -0.15) is 0 Å². The third-order valence-electron chi connectivity index (χ3n) is 4.75. The van der Waals surface area contributed by atoms with E-state index in [-0.39, 0.29) is 12.8 Å². The Morgan fingerprint density at radius 3 is 2.44 bits per heavy atom. The lowest BCUT2D eigenvalue weighted by molar-refractivity contribution is 0.0376. The van der Waals surface area contributed by atoms with Gasteiger partial charge in [-0.1, -0.05) is 78.9 Å². The van der Waals surface area contributed by atoms with Gasteiger partial charge < -0.3 is 9.47 Å². The van der Waals surface area contributed by atoms with Crippen LogP contribution in [0, 0.1) is 0 Å². The summed E-state index contributed by atoms with van der Waals surface area (Å²) in [6.07, 6.45) is -0.113. The molecule has 136 valence electrons. The maximum Gasteiger partial charge on any atom is 0.412 e. The van der Waals surface area contributed by atoms with Gasteiger partial charge in [0.1, 0.15) is 12.4 Å². The van der Waals surface area contributed by atoms with Crippen molar-refractivity contribution >= 4 is 6.09 Å². The summed E-state index contributed by atoms with van der Waals surface area (Å²) in [5.41, 5.74) is 4.20. The summed E-state index contributed by atoms with van der Waals surface area (Å²) in [6, 6.07) is 25.9. The van der Waals surface area contributed by atoms with Gasteiger partial charge in [0.05, 0.1) is 0 Å². The average molecular weight is 359 g/mol. The van der Waals surface area contributed by atoms with Gasteiger partial charge in [-0.15, -0.1) is 0 Å². The molecule has 1 aliphatic heterocycles. The molecule has 3 aromatic rings. The molecule has 0 N–H and O–H groups in total. The lowest BCUT2D eigenvalue weighted by Crippen LogP contribution is -2.40. The molecule has 1 aliphatic rings. The van der Waals surface area contributed by atoms with Crippen molar-refractivity contribution in [3.63, 3.8) is 0 Å². The third-order valence-corrected chi connectivity index (χ3v) is 4.75. The molecule has 0 fully saturated rings. The zero-order valence-corrected chi connectivity index (χ0v) is 15.2. The van der Waals surface area contributed by atoms with Gasteiger partial charge in [0, 0.05) is 24.6 Å². The van der Waals surface area contributed by atoms with Crippen LogP contribution in [0.3, 0.4) is 0 Å². The van der Waals surface area contributed by atoms with Gasteiger partial charge in [0.25, 0.3) is 0 Å². The molecule has 0 saturated heterocycles. The van der Waals surface area contributed by atoms with Crippen molar-refractivity contribution in [3.8, 4) is 16.9 Å². The molecule has 0 saturated carbocycles. The van der Waals surface area contributed by atoms with Crippen molar-refractivity contribution in [1.82, 2.24) is 4.90 Å². The fourth-order valence-corrected chi connectivity index (χ4v) is 3.25. The van der Waals surface area contributed by atoms with Crippen LogP contribution in [0.5, 0.6) is 5.75 Å². The second-order valence-corrected chi connectivity index (χ2v) is 6.59. The molecule has 0 aromatic heterocycles. The predicted molar refractivity (Wildman–Crippen MR) is 104 cm³/mol. The standard InChI is InChI=1S/C23H21NO3/c1-24(23(25)26-16-17-9-4-2-5-10-17)21-15-19-13-8-14-20(22(19)27-21)18-11-6-3-7-12-18/h2-14,21H,15-16H2,1H3. The molecule has 3 aromatic carbocycles. The largest absolute Gasteiger partial charge is 0.469 e. The minimum Gasteiger partial charge on any atom is -0.469 e. The lowest BCUT2D eigenvalue weighted by atomic mass is 10.0. The molecule has 1 unspecified atom stereocenters. The lowest BCUT2D eigenvalue weighted by Gasteiger charge is -2.23. The Hall–Kier alpha value is -3.27. The number of hydrogen-bond acceptors (Lipinski definition) is 3. The van der Waals surface area contributed by atoms with Gasteiger partial charge in [0.15, 0.2) is 6.23 Å². The van der Waals surface area contributed by atoms with Crippen LogP contribution < -0.4 is 4.74 Å². The second kappa shape index (κ2) is 7.54. The summed E-state index contributed by atoms with van der Waals surface area (Å²) in [5.74, 6) is 0.844. The Bertz CT molecular complexity index is 925. The highest BCUT2D eigenvalue weighted by Gasteiger charge is 2.31. The van der Waals surface area contributed by atoms with E-state index < -0.39 is 6.09 Å². The van der Waals surface area contributed by atoms with E-state index in [4.69, 9.17) is 9.47 Å². The van der Waals surface area contributed by atoms with Gasteiger partial charge in [-0.05, 0) is 11.1 Å². The number of nitrogens with zero attached hydrogens (tertiary/aromatic N) is 1. The van der Waals surface area contributed by atoms with Crippen LogP contribution >= 0.6 is 0 Å². The number of hydrogen-bond donors (Lipinski definition) is 0. The van der Waals surface area contributed by atoms with Gasteiger partial charge in [-0.25, -0.2) is 4.79 Å². The van der Waals surface area contributed by atoms with E-state index in [1.807, 2.05) is 66.7 Å². The minimum atomic E-state index is -0.391. The van der Waals surface area contributed by atoms with Crippen molar-refractivity contribution in [2.45, 2.75) is 19.3 Å². The monoisotopic (exact) mass is 359 g/mol. The Morgan fingerprint density at radius 1 is 1.00 bits per heavy atom. The summed E-state index contributed by atoms with van der Waals surface area (Å²) in [7, 11) is 1.71. The highest BCUT2D eigenvalue weighted by atomic mass is 16.6. The maximum atomic E-state index is 12.4. The Balaban J connectivity index is 1.45. The van der Waals surface area contributed by atoms with Crippen molar-refractivity contribution < 1.29 is 14.3 Å². The van der Waals surface area contributed by atoms with E-state index in [1.54, 1.807) is 7.05 Å². The molecule has 0 bridgehead atoms. The van der Waals surface area contributed by atoms with Crippen LogP contribution in [0.4, 0.5) is 4.79 Å². The van der Waals surface area contributed by atoms with Gasteiger partial charge in [-0.3, -0.25) is 4.90 Å². The molecule has 4 nitrogen and oxygen atoms in total. The molecule has 1 amide bonds. The fraction of sp³-hybridized carbons (Fsp3) is 0.174. The Morgan fingerprint density at radius 2 is 1.70 bits per heavy atom. The number of carbonyl (C=O) groups is 1. The van der Waals surface area contributed by atoms with E-state index in [1.165, 1.54) is 4.90 Å². The number of benzene rings is 3. The molecule has 1 atom stereocenters. The normalized spacial score (nSPS) is 14.9. The van der Waals surface area contributed by atoms with Crippen LogP contribution in [-0.4, -0.2) is 24.3 Å². The van der Waals surface area contributed by atoms with Crippen molar-refractivity contribution in [2.24, 2.45) is 0 Å². The smallest absolute Gasteiger partial charge is 0.412 e. The predicted octanol–water partition coefficient (Wildman–Crippen LogP) is 4.88. The van der Waals surface area contributed by atoms with Crippen LogP contribution in [0.2, 0.25) is 0 Å². The van der Waals surface area contributed by atoms with Gasteiger partial charge >= 0.3 is 6.09 Å². The van der Waals surface area contributed by atoms with E-state index in [0.717, 1.165) is 28.0 Å². The zero-order chi connectivity index (χ0) is 18.6. The first-order valence-corrected chi connectivity index (χ1v) is 9.00. The van der Waals surface area contributed by atoms with Crippen molar-refractivity contribution in [1.29, 1.82) is 0 Å². The van der Waals surface area contributed by atoms with Crippen molar-refractivity contribution in [2.75, 3.05) is 7.05 Å². The van der Waals surface area contributed by atoms with Crippen LogP contribution in [-0.2, 0) is 17.8 Å². The number of fused-ring (bicyclic) bond motifs is 1. The highest BCUT2D eigenvalue weighted by molar-refractivity contribution is 5.73. The van der Waals surface area contributed by atoms with E-state index in [2.05, 4.69) is 12.1 Å². The van der Waals surface area contributed by atoms with Crippen molar-refractivity contribution in [3.05, 3.63) is 90.0 Å². The SMILES string of the molecule is CN(C(=O)OCc1ccccc1)C1Cc2cccc(-c3ccccc3)c2O1. The average Bonchev–Trinajstić information content (AvgIpc) is 3.17. The number of likely N-dealkylation sites (N-methyl/N-ethyl adjacent to an activating group) is 1. The summed E-state index contributed by atoms with van der Waals surface area (Å²) >= 11 is 0. The number of ether oxygens (including phenoxy) is 2. The summed E-state index contributed by atoms with van der Waals surface area (Å²) in [5, 5.41) is 0. The summed E-state index contributed by atoms with van der Waals surface area (Å²) < 4.78 is 11.6. The number of carbonyl (C=O) groups excluding carboxylic acids is 1. The van der Waals surface area contributed by atoms with E-state index in [0.29, 0.717) is 6.42 Å². The second-order valence-electron chi connectivity index (χ2n) is 6.59. The highest BCUT2D eigenvalue weighted by Crippen LogP contribution is 2.39. The third kappa shape index (κ3) is 3.65. The van der Waals surface area contributed by atoms with E-state index in [9.17, 15) is 4.79 Å². The van der Waals surface area contributed by atoms with E-state index >= 15 is 0 Å². The number of rotatable bonds is 4. The minimum absolute atomic E-state index is 0.249. The summed E-state index contributed by atoms with van der Waals surface area (Å²) in [4.78, 5) is 14.0. The molecule has 0 aliphatic carbocycles. The Labute approximate surface area is 159 Å². The van der Waals surface area contributed by atoms with Crippen LogP contribution in [0.25, 0.3) is 11.1 Å². The quantitative estimate of drug-likeness (QED) is 0.666. The fourth-order valence-electron chi connectivity index (χ4n) is 3.25. The van der Waals surface area contributed by atoms with Gasteiger partial charge in [0.2, 0.25) is 0 Å². The maximum absolute atomic E-state index is 12.4. The molecule has 4 heteroatoms. The molecular formula is C23H21NO3. The van der Waals surface area contributed by atoms with Crippen LogP contribution in [0.15, 0.2) is 78.9 Å². The first-order valence-electron chi connectivity index (χ1n) is 9.00. The molecule has 27 heavy (non-hydrogen) atoms. The first kappa shape index (κ1) is 17.2. The zero-order valence-electron chi connectivity index (χ0n) is 15.2. The molecule has 1 heterocycles. The van der Waals surface area contributed by atoms with Crippen LogP contribution in [0.1, 0.15) is 11.1 Å². The molecular weight excluding hydrogens is 338 g/mol. The Kier molecular flexibility index (Phi) is 4.79. The number of amides is 1. The number of para-hydroxylation sites is 1. The summed E-state index contributed by atoms with van der Waals surface area (Å²) in [6.45, 7) is 0.249. The topological polar surface area (TPSA) is 38.8 Å². The molecule has 0 radical (unpaired) electrons.